The highest BCUT2D eigenvalue weighted by Gasteiger charge is 2.33. The number of carbonyl (C=O) groups is 1. The van der Waals surface area contributed by atoms with Crippen molar-refractivity contribution in [2.45, 2.75) is 57.9 Å². The normalized spacial score (nSPS) is 17.5. The zero-order valence-electron chi connectivity index (χ0n) is 12.7. The predicted octanol–water partition coefficient (Wildman–Crippen LogP) is 4.39. The van der Waals surface area contributed by atoms with Crippen LogP contribution in [0.4, 0.5) is 0 Å². The molecular formula is C18H25NO. The fourth-order valence-corrected chi connectivity index (χ4v) is 3.17. The third kappa shape index (κ3) is 3.72. The molecule has 2 nitrogen and oxygen atoms in total. The van der Waals surface area contributed by atoms with Gasteiger partial charge in [0.25, 0.3) is 5.91 Å². The second-order valence-corrected chi connectivity index (χ2v) is 6.30. The summed E-state index contributed by atoms with van der Waals surface area (Å²) in [4.78, 5) is 12.5. The van der Waals surface area contributed by atoms with Gasteiger partial charge in [-0.15, -0.1) is 6.58 Å². The van der Waals surface area contributed by atoms with E-state index in [-0.39, 0.29) is 11.4 Å². The first-order valence-corrected chi connectivity index (χ1v) is 7.54. The molecule has 20 heavy (non-hydrogen) atoms. The van der Waals surface area contributed by atoms with Crippen LogP contribution in [0, 0.1) is 6.92 Å². The number of rotatable bonds is 4. The lowest BCUT2D eigenvalue weighted by molar-refractivity contribution is 0.0868. The van der Waals surface area contributed by atoms with Gasteiger partial charge in [-0.3, -0.25) is 4.79 Å². The molecular weight excluding hydrogens is 246 g/mol. The van der Waals surface area contributed by atoms with Crippen LogP contribution in [0.5, 0.6) is 0 Å². The van der Waals surface area contributed by atoms with Gasteiger partial charge in [0.1, 0.15) is 0 Å². The molecule has 1 amide bonds. The van der Waals surface area contributed by atoms with Crippen molar-refractivity contribution in [1.29, 1.82) is 0 Å². The van der Waals surface area contributed by atoms with Crippen molar-refractivity contribution in [2.24, 2.45) is 0 Å². The monoisotopic (exact) mass is 271 g/mol. The molecule has 108 valence electrons. The minimum atomic E-state index is -0.0773. The Morgan fingerprint density at radius 3 is 2.35 bits per heavy atom. The highest BCUT2D eigenvalue weighted by molar-refractivity contribution is 5.94. The van der Waals surface area contributed by atoms with Gasteiger partial charge in [-0.2, -0.15) is 0 Å². The lowest BCUT2D eigenvalue weighted by atomic mass is 9.77. The van der Waals surface area contributed by atoms with Crippen LogP contribution in [0.15, 0.2) is 36.4 Å². The highest BCUT2D eigenvalue weighted by atomic mass is 16.1. The maximum Gasteiger partial charge on any atom is 0.251 e. The summed E-state index contributed by atoms with van der Waals surface area (Å²) < 4.78 is 0. The number of hydrogen-bond acceptors (Lipinski definition) is 1. The molecule has 0 saturated heterocycles. The Kier molecular flexibility index (Phi) is 4.64. The summed E-state index contributed by atoms with van der Waals surface area (Å²) in [6.45, 7) is 8.12. The molecule has 1 aromatic rings. The van der Waals surface area contributed by atoms with Crippen molar-refractivity contribution >= 4 is 5.91 Å². The van der Waals surface area contributed by atoms with E-state index in [4.69, 9.17) is 0 Å². The summed E-state index contributed by atoms with van der Waals surface area (Å²) in [5.74, 6) is 0.0492. The van der Waals surface area contributed by atoms with Gasteiger partial charge in [0.2, 0.25) is 0 Å². The first-order chi connectivity index (χ1) is 9.51. The maximum atomic E-state index is 12.5. The molecule has 0 aliphatic heterocycles. The van der Waals surface area contributed by atoms with Crippen LogP contribution in [-0.4, -0.2) is 11.4 Å². The van der Waals surface area contributed by atoms with Crippen molar-refractivity contribution in [3.63, 3.8) is 0 Å². The van der Waals surface area contributed by atoms with Crippen molar-refractivity contribution in [1.82, 2.24) is 5.32 Å². The van der Waals surface area contributed by atoms with Gasteiger partial charge >= 0.3 is 0 Å². The number of carbonyl (C=O) groups excluding carboxylic acids is 1. The van der Waals surface area contributed by atoms with Crippen LogP contribution in [0.2, 0.25) is 0 Å². The van der Waals surface area contributed by atoms with Gasteiger partial charge in [-0.05, 0) is 45.2 Å². The number of amides is 1. The van der Waals surface area contributed by atoms with Crippen molar-refractivity contribution in [3.8, 4) is 0 Å². The van der Waals surface area contributed by atoms with Crippen LogP contribution < -0.4 is 5.32 Å². The Labute approximate surface area is 122 Å². The minimum absolute atomic E-state index is 0.0492. The second kappa shape index (κ2) is 6.25. The lowest BCUT2D eigenvalue weighted by Gasteiger charge is -2.38. The third-order valence-electron chi connectivity index (χ3n) is 4.14. The maximum absolute atomic E-state index is 12.5. The van der Waals surface area contributed by atoms with Gasteiger partial charge in [-0.25, -0.2) is 0 Å². The molecule has 0 bridgehead atoms. The van der Waals surface area contributed by atoms with E-state index in [0.717, 1.165) is 30.4 Å². The van der Waals surface area contributed by atoms with Crippen molar-refractivity contribution < 1.29 is 4.79 Å². The summed E-state index contributed by atoms with van der Waals surface area (Å²) in [7, 11) is 0. The van der Waals surface area contributed by atoms with Crippen LogP contribution in [0.25, 0.3) is 0 Å². The van der Waals surface area contributed by atoms with Crippen LogP contribution in [0.3, 0.4) is 0 Å². The Morgan fingerprint density at radius 1 is 1.20 bits per heavy atom. The van der Waals surface area contributed by atoms with E-state index in [9.17, 15) is 4.79 Å². The molecule has 1 aliphatic rings. The molecule has 1 fully saturated rings. The molecule has 1 aliphatic carbocycles. The third-order valence-corrected chi connectivity index (χ3v) is 4.14. The Hall–Kier alpha value is -1.57. The molecule has 0 radical (unpaired) electrons. The van der Waals surface area contributed by atoms with Crippen LogP contribution in [0.1, 0.15) is 61.4 Å². The Balaban J connectivity index is 2.12. The summed E-state index contributed by atoms with van der Waals surface area (Å²) in [5, 5.41) is 3.30. The topological polar surface area (TPSA) is 29.1 Å². The van der Waals surface area contributed by atoms with Crippen molar-refractivity contribution in [3.05, 3.63) is 47.5 Å². The van der Waals surface area contributed by atoms with E-state index in [1.54, 1.807) is 0 Å². The number of hydrogen-bond donors (Lipinski definition) is 1. The van der Waals surface area contributed by atoms with Gasteiger partial charge in [0.05, 0.1) is 0 Å². The molecule has 0 aromatic heterocycles. The molecule has 0 unspecified atom stereocenters. The highest BCUT2D eigenvalue weighted by Crippen LogP contribution is 2.33. The predicted molar refractivity (Wildman–Crippen MR) is 83.9 cm³/mol. The quantitative estimate of drug-likeness (QED) is 0.808. The molecule has 1 aromatic carbocycles. The average molecular weight is 271 g/mol. The molecule has 1 N–H and O–H groups in total. The standard InChI is InChI=1S/C18H25NO/c1-14(2)13-18(11-5-4-6-12-18)19-17(20)16-9-7-15(3)8-10-16/h7-10H,1,4-6,11-13H2,2-3H3,(H,19,20). The smallest absolute Gasteiger partial charge is 0.251 e. The van der Waals surface area contributed by atoms with E-state index in [1.807, 2.05) is 38.1 Å². The SMILES string of the molecule is C=C(C)CC1(NC(=O)c2ccc(C)cc2)CCCCC1. The molecule has 2 rings (SSSR count). The largest absolute Gasteiger partial charge is 0.346 e. The summed E-state index contributed by atoms with van der Waals surface area (Å²) in [6, 6.07) is 7.78. The van der Waals surface area contributed by atoms with E-state index < -0.39 is 0 Å². The number of nitrogens with one attached hydrogen (secondary N) is 1. The molecule has 1 saturated carbocycles. The van der Waals surface area contributed by atoms with E-state index in [1.165, 1.54) is 24.8 Å². The molecule has 2 heteroatoms. The summed E-state index contributed by atoms with van der Waals surface area (Å²) in [6.07, 6.45) is 6.70. The minimum Gasteiger partial charge on any atom is -0.346 e. The molecule has 0 atom stereocenters. The van der Waals surface area contributed by atoms with Gasteiger partial charge in [-0.1, -0.05) is 42.5 Å². The zero-order valence-corrected chi connectivity index (χ0v) is 12.7. The fourth-order valence-electron chi connectivity index (χ4n) is 3.17. The second-order valence-electron chi connectivity index (χ2n) is 6.30. The van der Waals surface area contributed by atoms with Gasteiger partial charge < -0.3 is 5.32 Å². The number of benzene rings is 1. The van der Waals surface area contributed by atoms with Crippen LogP contribution in [-0.2, 0) is 0 Å². The van der Waals surface area contributed by atoms with E-state index >= 15 is 0 Å². The fraction of sp³-hybridized carbons (Fsp3) is 0.500. The average Bonchev–Trinajstić information content (AvgIpc) is 2.39. The van der Waals surface area contributed by atoms with Crippen LogP contribution >= 0.6 is 0 Å². The summed E-state index contributed by atoms with van der Waals surface area (Å²) >= 11 is 0. The van der Waals surface area contributed by atoms with E-state index in [2.05, 4.69) is 11.9 Å². The van der Waals surface area contributed by atoms with Crippen molar-refractivity contribution in [2.75, 3.05) is 0 Å². The van der Waals surface area contributed by atoms with Gasteiger partial charge in [0, 0.05) is 11.1 Å². The Morgan fingerprint density at radius 2 is 1.80 bits per heavy atom. The first-order valence-electron chi connectivity index (χ1n) is 7.54. The Bertz CT molecular complexity index is 481. The zero-order chi connectivity index (χ0) is 14.6. The van der Waals surface area contributed by atoms with E-state index in [0.29, 0.717) is 0 Å². The molecule has 0 spiro atoms. The molecule has 0 heterocycles. The summed E-state index contributed by atoms with van der Waals surface area (Å²) in [5.41, 5.74) is 3.00. The lowest BCUT2D eigenvalue weighted by Crippen LogP contribution is -2.49. The van der Waals surface area contributed by atoms with Gasteiger partial charge in [0.15, 0.2) is 0 Å². The number of aryl methyl sites for hydroxylation is 1. The first kappa shape index (κ1) is 14.8.